The Balaban J connectivity index is 1.70. The fourth-order valence-corrected chi connectivity index (χ4v) is 3.59. The molecule has 6 heteroatoms. The summed E-state index contributed by atoms with van der Waals surface area (Å²) in [4.78, 5) is 28.7. The van der Waals surface area contributed by atoms with Crippen molar-refractivity contribution in [2.75, 3.05) is 39.3 Å². The van der Waals surface area contributed by atoms with Gasteiger partial charge in [0, 0.05) is 51.8 Å². The van der Waals surface area contributed by atoms with E-state index >= 15 is 0 Å². The maximum Gasteiger partial charge on any atom is 0.270 e. The Labute approximate surface area is 142 Å². The third-order valence-corrected chi connectivity index (χ3v) is 5.01. The van der Waals surface area contributed by atoms with Crippen molar-refractivity contribution in [2.24, 2.45) is 13.0 Å². The van der Waals surface area contributed by atoms with Crippen LogP contribution in [-0.2, 0) is 11.8 Å². The van der Waals surface area contributed by atoms with Gasteiger partial charge in [-0.2, -0.15) is 0 Å². The first-order valence-corrected chi connectivity index (χ1v) is 8.50. The van der Waals surface area contributed by atoms with Gasteiger partial charge >= 0.3 is 0 Å². The van der Waals surface area contributed by atoms with Crippen LogP contribution in [0.15, 0.2) is 35.6 Å². The lowest BCUT2D eigenvalue weighted by molar-refractivity contribution is -0.0173. The topological polar surface area (TPSA) is 54.8 Å². The van der Waals surface area contributed by atoms with E-state index in [0.29, 0.717) is 31.3 Å². The maximum atomic E-state index is 12.8. The Hall–Kier alpha value is -1.92. The van der Waals surface area contributed by atoms with Crippen molar-refractivity contribution in [3.05, 3.63) is 46.9 Å². The third-order valence-electron chi connectivity index (χ3n) is 5.01. The van der Waals surface area contributed by atoms with Gasteiger partial charge < -0.3 is 14.2 Å². The SMILES string of the molecule is C=CCN1CCOC2CN(C(=O)c3cccc(=O)n3C)CCC2C1. The summed E-state index contributed by atoms with van der Waals surface area (Å²) >= 11 is 0. The maximum absolute atomic E-state index is 12.8. The Kier molecular flexibility index (Phi) is 5.16. The largest absolute Gasteiger partial charge is 0.375 e. The molecule has 0 radical (unpaired) electrons. The Morgan fingerprint density at radius 3 is 3.00 bits per heavy atom. The molecule has 0 N–H and O–H groups in total. The summed E-state index contributed by atoms with van der Waals surface area (Å²) in [5, 5.41) is 0. The number of amides is 1. The van der Waals surface area contributed by atoms with E-state index < -0.39 is 0 Å². The van der Waals surface area contributed by atoms with Crippen LogP contribution in [0.2, 0.25) is 0 Å². The predicted molar refractivity (Wildman–Crippen MR) is 92.1 cm³/mol. The second-order valence-corrected chi connectivity index (χ2v) is 6.57. The zero-order chi connectivity index (χ0) is 17.1. The number of piperidine rings is 1. The van der Waals surface area contributed by atoms with Crippen LogP contribution in [-0.4, -0.2) is 65.7 Å². The molecule has 1 aromatic rings. The molecule has 0 saturated carbocycles. The van der Waals surface area contributed by atoms with E-state index in [-0.39, 0.29) is 17.6 Å². The Morgan fingerprint density at radius 2 is 2.21 bits per heavy atom. The molecule has 3 rings (SSSR count). The van der Waals surface area contributed by atoms with Crippen LogP contribution in [0.3, 0.4) is 0 Å². The summed E-state index contributed by atoms with van der Waals surface area (Å²) in [6.45, 7) is 8.55. The molecule has 2 aliphatic rings. The predicted octanol–water partition coefficient (Wildman–Crippen LogP) is 0.734. The van der Waals surface area contributed by atoms with E-state index in [2.05, 4.69) is 11.5 Å². The number of ether oxygens (including phenoxy) is 1. The molecule has 2 saturated heterocycles. The number of likely N-dealkylation sites (tertiary alicyclic amines) is 1. The lowest BCUT2D eigenvalue weighted by Gasteiger charge is -2.38. The van der Waals surface area contributed by atoms with Gasteiger partial charge in [-0.25, -0.2) is 0 Å². The average Bonchev–Trinajstić information content (AvgIpc) is 2.78. The normalized spacial score (nSPS) is 25.0. The van der Waals surface area contributed by atoms with Crippen molar-refractivity contribution in [1.29, 1.82) is 0 Å². The van der Waals surface area contributed by atoms with Crippen LogP contribution in [0.4, 0.5) is 0 Å². The summed E-state index contributed by atoms with van der Waals surface area (Å²) in [7, 11) is 1.64. The Morgan fingerprint density at radius 1 is 1.38 bits per heavy atom. The molecule has 130 valence electrons. The summed E-state index contributed by atoms with van der Waals surface area (Å²) < 4.78 is 7.43. The second kappa shape index (κ2) is 7.32. The summed E-state index contributed by atoms with van der Waals surface area (Å²) in [6.07, 6.45) is 2.91. The molecule has 2 aliphatic heterocycles. The minimum atomic E-state index is -0.165. The zero-order valence-electron chi connectivity index (χ0n) is 14.2. The van der Waals surface area contributed by atoms with Crippen LogP contribution in [0.1, 0.15) is 16.9 Å². The molecule has 0 aromatic carbocycles. The third kappa shape index (κ3) is 3.44. The van der Waals surface area contributed by atoms with Gasteiger partial charge in [0.05, 0.1) is 12.7 Å². The minimum Gasteiger partial charge on any atom is -0.375 e. The van der Waals surface area contributed by atoms with Crippen molar-refractivity contribution in [1.82, 2.24) is 14.4 Å². The molecule has 1 aromatic heterocycles. The average molecular weight is 331 g/mol. The van der Waals surface area contributed by atoms with E-state index in [0.717, 1.165) is 26.1 Å². The van der Waals surface area contributed by atoms with Gasteiger partial charge in [-0.15, -0.1) is 6.58 Å². The molecule has 24 heavy (non-hydrogen) atoms. The lowest BCUT2D eigenvalue weighted by atomic mass is 9.93. The molecule has 0 aliphatic carbocycles. The molecule has 2 unspecified atom stereocenters. The fourth-order valence-electron chi connectivity index (χ4n) is 3.59. The lowest BCUT2D eigenvalue weighted by Crippen LogP contribution is -2.49. The fraction of sp³-hybridized carbons (Fsp3) is 0.556. The van der Waals surface area contributed by atoms with Crippen molar-refractivity contribution in [3.63, 3.8) is 0 Å². The minimum absolute atomic E-state index is 0.0678. The molecule has 0 spiro atoms. The number of fused-ring (bicyclic) bond motifs is 1. The zero-order valence-corrected chi connectivity index (χ0v) is 14.2. The van der Waals surface area contributed by atoms with Crippen molar-refractivity contribution in [2.45, 2.75) is 12.5 Å². The van der Waals surface area contributed by atoms with Gasteiger partial charge in [0.15, 0.2) is 0 Å². The van der Waals surface area contributed by atoms with E-state index in [1.165, 1.54) is 10.6 Å². The number of pyridine rings is 1. The van der Waals surface area contributed by atoms with Gasteiger partial charge in [0.25, 0.3) is 11.5 Å². The van der Waals surface area contributed by atoms with E-state index in [4.69, 9.17) is 4.74 Å². The van der Waals surface area contributed by atoms with Crippen LogP contribution in [0, 0.1) is 5.92 Å². The van der Waals surface area contributed by atoms with Gasteiger partial charge in [0.1, 0.15) is 5.69 Å². The van der Waals surface area contributed by atoms with E-state index in [1.54, 1.807) is 19.2 Å². The van der Waals surface area contributed by atoms with Gasteiger partial charge in [-0.1, -0.05) is 12.1 Å². The molecule has 2 fully saturated rings. The van der Waals surface area contributed by atoms with Gasteiger partial charge in [-0.3, -0.25) is 14.5 Å². The van der Waals surface area contributed by atoms with Gasteiger partial charge in [-0.05, 0) is 12.5 Å². The van der Waals surface area contributed by atoms with E-state index in [1.807, 2.05) is 11.0 Å². The van der Waals surface area contributed by atoms with E-state index in [9.17, 15) is 9.59 Å². The number of aromatic nitrogens is 1. The van der Waals surface area contributed by atoms with Crippen molar-refractivity contribution in [3.8, 4) is 0 Å². The highest BCUT2D eigenvalue weighted by molar-refractivity contribution is 5.92. The summed E-state index contributed by atoms with van der Waals surface area (Å²) in [5.41, 5.74) is 0.268. The van der Waals surface area contributed by atoms with Crippen LogP contribution >= 0.6 is 0 Å². The van der Waals surface area contributed by atoms with Crippen molar-refractivity contribution >= 4 is 5.91 Å². The molecule has 2 atom stereocenters. The monoisotopic (exact) mass is 331 g/mol. The Bertz CT molecular complexity index is 670. The van der Waals surface area contributed by atoms with Crippen molar-refractivity contribution < 1.29 is 9.53 Å². The number of carbonyl (C=O) groups excluding carboxylic acids is 1. The number of rotatable bonds is 3. The van der Waals surface area contributed by atoms with Crippen LogP contribution in [0.25, 0.3) is 0 Å². The number of hydrogen-bond donors (Lipinski definition) is 0. The smallest absolute Gasteiger partial charge is 0.270 e. The first-order valence-electron chi connectivity index (χ1n) is 8.50. The first-order chi connectivity index (χ1) is 11.6. The molecular weight excluding hydrogens is 306 g/mol. The quantitative estimate of drug-likeness (QED) is 0.767. The molecular formula is C18H25N3O3. The number of carbonyl (C=O) groups is 1. The summed E-state index contributed by atoms with van der Waals surface area (Å²) in [6, 6.07) is 4.80. The summed E-state index contributed by atoms with van der Waals surface area (Å²) in [5.74, 6) is 0.348. The van der Waals surface area contributed by atoms with Crippen LogP contribution < -0.4 is 5.56 Å². The highest BCUT2D eigenvalue weighted by atomic mass is 16.5. The molecule has 0 bridgehead atoms. The second-order valence-electron chi connectivity index (χ2n) is 6.57. The number of nitrogens with zero attached hydrogens (tertiary/aromatic N) is 3. The van der Waals surface area contributed by atoms with Crippen LogP contribution in [0.5, 0.6) is 0 Å². The molecule has 1 amide bonds. The molecule has 6 nitrogen and oxygen atoms in total. The van der Waals surface area contributed by atoms with Gasteiger partial charge in [0.2, 0.25) is 0 Å². The highest BCUT2D eigenvalue weighted by Crippen LogP contribution is 2.25. The first kappa shape index (κ1) is 16.9. The number of hydrogen-bond acceptors (Lipinski definition) is 4. The molecule has 3 heterocycles. The standard InChI is InChI=1S/C18H25N3O3/c1-3-8-20-10-11-24-16-13-21(9-7-14(16)12-20)18(23)15-5-4-6-17(22)19(15)2/h3-6,14,16H,1,7-13H2,2H3. The highest BCUT2D eigenvalue weighted by Gasteiger charge is 2.35.